The molecule has 2 rings (SSSR count). The predicted molar refractivity (Wildman–Crippen MR) is 87.8 cm³/mol. The van der Waals surface area contributed by atoms with Gasteiger partial charge in [0.25, 0.3) is 5.91 Å². The molecule has 2 aromatic heterocycles. The largest absolute Gasteiger partial charge is 0.465 e. The van der Waals surface area contributed by atoms with E-state index in [0.29, 0.717) is 34.8 Å². The number of nitrogens with zero attached hydrogens (tertiary/aromatic N) is 1. The summed E-state index contributed by atoms with van der Waals surface area (Å²) in [6, 6.07) is 3.64. The first kappa shape index (κ1) is 16.7. The van der Waals surface area contributed by atoms with E-state index in [1.165, 1.54) is 7.11 Å². The minimum atomic E-state index is -0.435. The van der Waals surface area contributed by atoms with E-state index in [1.54, 1.807) is 19.2 Å². The van der Waals surface area contributed by atoms with E-state index in [4.69, 9.17) is 4.74 Å². The molecule has 6 nitrogen and oxygen atoms in total. The summed E-state index contributed by atoms with van der Waals surface area (Å²) >= 11 is 0. The standard InChI is InChI=1S/C17H21N3O3/c1-5-6-12-14(17(22)23-4)11(3)19-15(12)16(21)20-13-9-10(2)7-8-18-13/h7-9,19H,5-6H2,1-4H3,(H,18,20,21). The molecule has 2 aromatic rings. The molecule has 0 bridgehead atoms. The second kappa shape index (κ2) is 7.09. The van der Waals surface area contributed by atoms with Gasteiger partial charge in [-0.2, -0.15) is 0 Å². The van der Waals surface area contributed by atoms with Gasteiger partial charge in [0.15, 0.2) is 0 Å². The number of methoxy groups -OCH3 is 1. The molecular weight excluding hydrogens is 294 g/mol. The number of hydrogen-bond acceptors (Lipinski definition) is 4. The second-order valence-electron chi connectivity index (χ2n) is 5.39. The topological polar surface area (TPSA) is 84.1 Å². The number of H-pyrrole nitrogens is 1. The van der Waals surface area contributed by atoms with Gasteiger partial charge in [-0.3, -0.25) is 4.79 Å². The smallest absolute Gasteiger partial charge is 0.339 e. The zero-order valence-electron chi connectivity index (χ0n) is 13.8. The highest BCUT2D eigenvalue weighted by Gasteiger charge is 2.24. The molecule has 0 saturated carbocycles. The van der Waals surface area contributed by atoms with Gasteiger partial charge in [0.2, 0.25) is 0 Å². The van der Waals surface area contributed by atoms with E-state index in [9.17, 15) is 9.59 Å². The highest BCUT2D eigenvalue weighted by molar-refractivity contribution is 6.06. The third-order valence-electron chi connectivity index (χ3n) is 3.56. The Labute approximate surface area is 135 Å². The molecule has 23 heavy (non-hydrogen) atoms. The van der Waals surface area contributed by atoms with Gasteiger partial charge < -0.3 is 15.0 Å². The molecule has 0 aliphatic rings. The molecule has 0 atom stereocenters. The molecule has 0 aromatic carbocycles. The maximum atomic E-state index is 12.6. The van der Waals surface area contributed by atoms with Crippen molar-refractivity contribution in [2.24, 2.45) is 0 Å². The molecule has 0 aliphatic heterocycles. The van der Waals surface area contributed by atoms with Crippen molar-refractivity contribution in [3.63, 3.8) is 0 Å². The van der Waals surface area contributed by atoms with Gasteiger partial charge >= 0.3 is 5.97 Å². The third-order valence-corrected chi connectivity index (χ3v) is 3.56. The highest BCUT2D eigenvalue weighted by Crippen LogP contribution is 2.22. The lowest BCUT2D eigenvalue weighted by molar-refractivity contribution is 0.0599. The first-order chi connectivity index (χ1) is 11.0. The lowest BCUT2D eigenvalue weighted by atomic mass is 10.0. The molecule has 6 heteroatoms. The molecule has 0 spiro atoms. The number of aromatic amines is 1. The van der Waals surface area contributed by atoms with Crippen LogP contribution in [0.15, 0.2) is 18.3 Å². The van der Waals surface area contributed by atoms with E-state index >= 15 is 0 Å². The quantitative estimate of drug-likeness (QED) is 0.831. The van der Waals surface area contributed by atoms with Crippen molar-refractivity contribution in [1.82, 2.24) is 9.97 Å². The number of carbonyl (C=O) groups is 2. The average molecular weight is 315 g/mol. The van der Waals surface area contributed by atoms with E-state index in [2.05, 4.69) is 15.3 Å². The normalized spacial score (nSPS) is 10.4. The number of aryl methyl sites for hydroxylation is 2. The fraction of sp³-hybridized carbons (Fsp3) is 0.353. The number of rotatable bonds is 5. The summed E-state index contributed by atoms with van der Waals surface area (Å²) < 4.78 is 4.83. The Morgan fingerprint density at radius 1 is 1.35 bits per heavy atom. The fourth-order valence-corrected chi connectivity index (χ4v) is 2.53. The summed E-state index contributed by atoms with van der Waals surface area (Å²) in [6.45, 7) is 5.67. The summed E-state index contributed by atoms with van der Waals surface area (Å²) in [5.41, 5.74) is 3.14. The molecule has 1 amide bonds. The van der Waals surface area contributed by atoms with Crippen molar-refractivity contribution in [3.05, 3.63) is 46.4 Å². The van der Waals surface area contributed by atoms with Crippen LogP contribution in [0.1, 0.15) is 51.0 Å². The van der Waals surface area contributed by atoms with Gasteiger partial charge in [-0.1, -0.05) is 13.3 Å². The Hall–Kier alpha value is -2.63. The minimum Gasteiger partial charge on any atom is -0.465 e. The molecule has 2 heterocycles. The molecule has 0 unspecified atom stereocenters. The zero-order valence-corrected chi connectivity index (χ0v) is 13.8. The first-order valence-electron chi connectivity index (χ1n) is 7.51. The number of amides is 1. The summed E-state index contributed by atoms with van der Waals surface area (Å²) in [4.78, 5) is 31.7. The van der Waals surface area contributed by atoms with Crippen LogP contribution in [0, 0.1) is 13.8 Å². The van der Waals surface area contributed by atoms with Gasteiger partial charge in [0.1, 0.15) is 11.5 Å². The number of esters is 1. The van der Waals surface area contributed by atoms with Crippen LogP contribution >= 0.6 is 0 Å². The van der Waals surface area contributed by atoms with Crippen LogP contribution in [-0.4, -0.2) is 29.0 Å². The van der Waals surface area contributed by atoms with Gasteiger partial charge in [0, 0.05) is 11.9 Å². The summed E-state index contributed by atoms with van der Waals surface area (Å²) in [5.74, 6) is -0.274. The van der Waals surface area contributed by atoms with Crippen LogP contribution in [-0.2, 0) is 11.2 Å². The van der Waals surface area contributed by atoms with Gasteiger partial charge in [-0.05, 0) is 43.5 Å². The van der Waals surface area contributed by atoms with E-state index in [0.717, 1.165) is 12.0 Å². The number of nitrogens with one attached hydrogen (secondary N) is 2. The lowest BCUT2D eigenvalue weighted by Crippen LogP contribution is -2.16. The summed E-state index contributed by atoms with van der Waals surface area (Å²) in [7, 11) is 1.33. The van der Waals surface area contributed by atoms with Gasteiger partial charge in [-0.25, -0.2) is 9.78 Å². The Kier molecular flexibility index (Phi) is 5.16. The number of ether oxygens (including phenoxy) is 1. The van der Waals surface area contributed by atoms with Crippen LogP contribution in [0.25, 0.3) is 0 Å². The average Bonchev–Trinajstić information content (AvgIpc) is 2.83. The Morgan fingerprint density at radius 3 is 2.70 bits per heavy atom. The maximum absolute atomic E-state index is 12.6. The van der Waals surface area contributed by atoms with E-state index in [1.807, 2.05) is 19.9 Å². The van der Waals surface area contributed by atoms with E-state index < -0.39 is 5.97 Å². The number of hydrogen-bond donors (Lipinski definition) is 2. The van der Waals surface area contributed by atoms with Crippen molar-refractivity contribution in [2.75, 3.05) is 12.4 Å². The molecule has 122 valence electrons. The van der Waals surface area contributed by atoms with E-state index in [-0.39, 0.29) is 5.91 Å². The monoisotopic (exact) mass is 315 g/mol. The van der Waals surface area contributed by atoms with Crippen molar-refractivity contribution >= 4 is 17.7 Å². The lowest BCUT2D eigenvalue weighted by Gasteiger charge is -2.07. The maximum Gasteiger partial charge on any atom is 0.339 e. The first-order valence-corrected chi connectivity index (χ1v) is 7.51. The van der Waals surface area contributed by atoms with Crippen LogP contribution in [0.3, 0.4) is 0 Å². The molecule has 0 aliphatic carbocycles. The van der Waals surface area contributed by atoms with Gasteiger partial charge in [0.05, 0.1) is 12.7 Å². The predicted octanol–water partition coefficient (Wildman–Crippen LogP) is 3.02. The zero-order chi connectivity index (χ0) is 17.0. The van der Waals surface area contributed by atoms with Crippen molar-refractivity contribution in [2.45, 2.75) is 33.6 Å². The highest BCUT2D eigenvalue weighted by atomic mass is 16.5. The second-order valence-corrected chi connectivity index (χ2v) is 5.39. The van der Waals surface area contributed by atoms with Crippen LogP contribution < -0.4 is 5.32 Å². The van der Waals surface area contributed by atoms with Crippen molar-refractivity contribution in [1.29, 1.82) is 0 Å². The third kappa shape index (κ3) is 3.59. The fourth-order valence-electron chi connectivity index (χ4n) is 2.53. The number of carbonyl (C=O) groups excluding carboxylic acids is 2. The van der Waals surface area contributed by atoms with Crippen LogP contribution in [0.2, 0.25) is 0 Å². The van der Waals surface area contributed by atoms with Crippen LogP contribution in [0.4, 0.5) is 5.82 Å². The number of aromatic nitrogens is 2. The Balaban J connectivity index is 2.38. The summed E-state index contributed by atoms with van der Waals surface area (Å²) in [5, 5.41) is 2.76. The molecule has 0 saturated heterocycles. The minimum absolute atomic E-state index is 0.315. The molecular formula is C17H21N3O3. The summed E-state index contributed by atoms with van der Waals surface area (Å²) in [6.07, 6.45) is 3.06. The molecule has 2 N–H and O–H groups in total. The Bertz CT molecular complexity index is 735. The number of anilines is 1. The van der Waals surface area contributed by atoms with Gasteiger partial charge in [-0.15, -0.1) is 0 Å². The molecule has 0 radical (unpaired) electrons. The SMILES string of the molecule is CCCc1c(C(=O)Nc2cc(C)ccn2)[nH]c(C)c1C(=O)OC. The Morgan fingerprint density at radius 2 is 2.09 bits per heavy atom. The number of pyridine rings is 1. The molecule has 0 fully saturated rings. The van der Waals surface area contributed by atoms with Crippen molar-refractivity contribution < 1.29 is 14.3 Å². The van der Waals surface area contributed by atoms with Crippen molar-refractivity contribution in [3.8, 4) is 0 Å². The van der Waals surface area contributed by atoms with Crippen LogP contribution in [0.5, 0.6) is 0 Å².